The molecule has 2 aromatic rings. The summed E-state index contributed by atoms with van der Waals surface area (Å²) in [4.78, 5) is 4.36. The van der Waals surface area contributed by atoms with Gasteiger partial charge in [-0.1, -0.05) is 36.4 Å². The molecule has 0 saturated carbocycles. The highest BCUT2D eigenvalue weighted by Crippen LogP contribution is 2.18. The number of sulfone groups is 1. The minimum atomic E-state index is -3.48. The molecule has 162 valence electrons. The molecule has 2 atom stereocenters. The minimum absolute atomic E-state index is 0. The first kappa shape index (κ1) is 25.9. The largest absolute Gasteiger partial charge is 0.390 e. The second kappa shape index (κ2) is 13.2. The average molecular weight is 552 g/mol. The van der Waals surface area contributed by atoms with E-state index in [0.29, 0.717) is 12.5 Å². The molecule has 0 radical (unpaired) electrons. The van der Waals surface area contributed by atoms with Gasteiger partial charge in [0.2, 0.25) is 0 Å². The molecule has 9 heteroatoms. The fourth-order valence-corrected chi connectivity index (χ4v) is 5.15. The van der Waals surface area contributed by atoms with Crippen LogP contribution in [-0.2, 0) is 16.3 Å². The minimum Gasteiger partial charge on any atom is -0.390 e. The third-order valence-electron chi connectivity index (χ3n) is 4.11. The first-order valence-corrected chi connectivity index (χ1v) is 12.0. The van der Waals surface area contributed by atoms with E-state index in [4.69, 9.17) is 0 Å². The quantitative estimate of drug-likeness (QED) is 0.240. The van der Waals surface area contributed by atoms with E-state index in [1.165, 1.54) is 5.56 Å². The summed E-state index contributed by atoms with van der Waals surface area (Å²) < 4.78 is 24.8. The lowest BCUT2D eigenvalue weighted by Gasteiger charge is -2.18. The second-order valence-corrected chi connectivity index (χ2v) is 9.87. The van der Waals surface area contributed by atoms with E-state index in [-0.39, 0.29) is 46.5 Å². The zero-order valence-electron chi connectivity index (χ0n) is 16.7. The van der Waals surface area contributed by atoms with Gasteiger partial charge in [0.15, 0.2) is 15.8 Å². The van der Waals surface area contributed by atoms with Crippen LogP contribution in [0.4, 0.5) is 0 Å². The maximum atomic E-state index is 12.2. The normalized spacial score (nSPS) is 14.0. The van der Waals surface area contributed by atoms with Crippen LogP contribution in [0.2, 0.25) is 0 Å². The van der Waals surface area contributed by atoms with Gasteiger partial charge in [0.1, 0.15) is 4.21 Å². The van der Waals surface area contributed by atoms with Crippen LogP contribution >= 0.6 is 35.3 Å². The Kier molecular flexibility index (Phi) is 11.8. The van der Waals surface area contributed by atoms with Crippen LogP contribution in [0.1, 0.15) is 25.8 Å². The Balaban J connectivity index is 0.00000420. The number of aliphatic hydroxyl groups excluding tert-OH is 1. The molecule has 1 heterocycles. The lowest BCUT2D eigenvalue weighted by molar-refractivity contribution is 0.206. The molecule has 0 spiro atoms. The van der Waals surface area contributed by atoms with Crippen molar-refractivity contribution in [2.45, 2.75) is 43.0 Å². The molecular formula is C20H30IN3O3S2. The number of hydrogen-bond acceptors (Lipinski definition) is 5. The maximum Gasteiger partial charge on any atom is 0.191 e. The molecule has 0 saturated heterocycles. The predicted octanol–water partition coefficient (Wildman–Crippen LogP) is 3.08. The van der Waals surface area contributed by atoms with Crippen LogP contribution in [-0.4, -0.2) is 50.5 Å². The molecule has 29 heavy (non-hydrogen) atoms. The molecule has 0 aliphatic carbocycles. The first-order valence-electron chi connectivity index (χ1n) is 9.44. The van der Waals surface area contributed by atoms with Gasteiger partial charge in [-0.2, -0.15) is 0 Å². The number of nitrogens with zero attached hydrogens (tertiary/aromatic N) is 1. The van der Waals surface area contributed by atoms with Gasteiger partial charge in [-0.3, -0.25) is 4.99 Å². The number of aryl methyl sites for hydroxylation is 1. The number of nitrogens with one attached hydrogen (secondary N) is 2. The van der Waals surface area contributed by atoms with Crippen molar-refractivity contribution in [2.75, 3.05) is 18.8 Å². The summed E-state index contributed by atoms with van der Waals surface area (Å²) in [7, 11) is -3.48. The van der Waals surface area contributed by atoms with Crippen molar-refractivity contribution in [3.8, 4) is 0 Å². The summed E-state index contributed by atoms with van der Waals surface area (Å²) in [6.07, 6.45) is 0.835. The molecule has 0 fully saturated rings. The molecule has 0 amide bonds. The van der Waals surface area contributed by atoms with Crippen LogP contribution in [0.5, 0.6) is 0 Å². The van der Waals surface area contributed by atoms with Crippen LogP contribution in [0.15, 0.2) is 57.0 Å². The Morgan fingerprint density at radius 2 is 1.93 bits per heavy atom. The summed E-state index contributed by atoms with van der Waals surface area (Å²) >= 11 is 1.16. The lowest BCUT2D eigenvalue weighted by atomic mass is 10.1. The molecule has 0 bridgehead atoms. The standard InChI is InChI=1S/C20H29N3O3S2.HI/c1-3-21-20(23-16(2)11-12-17-8-5-4-6-9-17)22-14-18(24)15-28(25,26)19-10-7-13-27-19;/h4-10,13,16,18,24H,3,11-12,14-15H2,1-2H3,(H2,21,22,23);1H. The number of guanidine groups is 1. The van der Waals surface area contributed by atoms with Crippen molar-refractivity contribution >= 4 is 51.1 Å². The van der Waals surface area contributed by atoms with E-state index in [1.54, 1.807) is 17.5 Å². The lowest BCUT2D eigenvalue weighted by Crippen LogP contribution is -2.43. The first-order chi connectivity index (χ1) is 13.4. The number of benzene rings is 1. The molecular weight excluding hydrogens is 521 g/mol. The van der Waals surface area contributed by atoms with Crippen molar-refractivity contribution in [3.05, 3.63) is 53.4 Å². The van der Waals surface area contributed by atoms with E-state index in [2.05, 4.69) is 34.7 Å². The molecule has 2 unspecified atom stereocenters. The fourth-order valence-electron chi connectivity index (χ4n) is 2.68. The number of halogens is 1. The molecule has 2 rings (SSSR count). The fraction of sp³-hybridized carbons (Fsp3) is 0.450. The van der Waals surface area contributed by atoms with Crippen LogP contribution in [0.25, 0.3) is 0 Å². The summed E-state index contributed by atoms with van der Waals surface area (Å²) in [5.41, 5.74) is 1.28. The Labute approximate surface area is 194 Å². The van der Waals surface area contributed by atoms with E-state index < -0.39 is 15.9 Å². The van der Waals surface area contributed by atoms with Gasteiger partial charge in [0.25, 0.3) is 0 Å². The maximum absolute atomic E-state index is 12.2. The van der Waals surface area contributed by atoms with Gasteiger partial charge in [0.05, 0.1) is 18.4 Å². The molecule has 3 N–H and O–H groups in total. The molecule has 0 aliphatic heterocycles. The summed E-state index contributed by atoms with van der Waals surface area (Å²) in [6.45, 7) is 4.74. The highest BCUT2D eigenvalue weighted by Gasteiger charge is 2.20. The summed E-state index contributed by atoms with van der Waals surface area (Å²) in [6, 6.07) is 13.7. The van der Waals surface area contributed by atoms with Gasteiger partial charge in [-0.05, 0) is 43.7 Å². The SMILES string of the molecule is CCNC(=NCC(O)CS(=O)(=O)c1cccs1)NC(C)CCc1ccccc1.I. The van der Waals surface area contributed by atoms with Crippen molar-refractivity contribution in [1.29, 1.82) is 0 Å². The van der Waals surface area contributed by atoms with Crippen LogP contribution < -0.4 is 10.6 Å². The summed E-state index contributed by atoms with van der Waals surface area (Å²) in [5, 5.41) is 18.3. The third-order valence-corrected chi connectivity index (χ3v) is 7.39. The number of aliphatic imine (C=N–C) groups is 1. The Bertz CT molecular complexity index is 828. The van der Waals surface area contributed by atoms with Gasteiger partial charge in [0, 0.05) is 12.6 Å². The van der Waals surface area contributed by atoms with E-state index in [9.17, 15) is 13.5 Å². The van der Waals surface area contributed by atoms with Crippen molar-refractivity contribution < 1.29 is 13.5 Å². The topological polar surface area (TPSA) is 90.8 Å². The van der Waals surface area contributed by atoms with Crippen molar-refractivity contribution in [3.63, 3.8) is 0 Å². The summed E-state index contributed by atoms with van der Waals surface area (Å²) in [5.74, 6) is 0.246. The Morgan fingerprint density at radius 3 is 2.55 bits per heavy atom. The van der Waals surface area contributed by atoms with Crippen LogP contribution in [0, 0.1) is 0 Å². The van der Waals surface area contributed by atoms with E-state index in [1.807, 2.05) is 25.1 Å². The highest BCUT2D eigenvalue weighted by molar-refractivity contribution is 14.0. The van der Waals surface area contributed by atoms with Gasteiger partial charge >= 0.3 is 0 Å². The number of rotatable bonds is 10. The third kappa shape index (κ3) is 9.45. The average Bonchev–Trinajstić information content (AvgIpc) is 3.21. The Morgan fingerprint density at radius 1 is 1.21 bits per heavy atom. The van der Waals surface area contributed by atoms with Crippen molar-refractivity contribution in [1.82, 2.24) is 10.6 Å². The second-order valence-electron chi connectivity index (χ2n) is 6.66. The smallest absolute Gasteiger partial charge is 0.191 e. The number of thiophene rings is 1. The molecule has 1 aromatic heterocycles. The van der Waals surface area contributed by atoms with Gasteiger partial charge in [-0.15, -0.1) is 35.3 Å². The molecule has 6 nitrogen and oxygen atoms in total. The van der Waals surface area contributed by atoms with E-state index >= 15 is 0 Å². The predicted molar refractivity (Wildman–Crippen MR) is 131 cm³/mol. The van der Waals surface area contributed by atoms with E-state index in [0.717, 1.165) is 24.2 Å². The molecule has 0 aliphatic rings. The van der Waals surface area contributed by atoms with Gasteiger partial charge in [-0.25, -0.2) is 8.42 Å². The highest BCUT2D eigenvalue weighted by atomic mass is 127. The van der Waals surface area contributed by atoms with Gasteiger partial charge < -0.3 is 15.7 Å². The zero-order valence-corrected chi connectivity index (χ0v) is 20.7. The molecule has 1 aromatic carbocycles. The zero-order chi connectivity index (χ0) is 20.4. The number of aliphatic hydroxyl groups is 1. The number of hydrogen-bond donors (Lipinski definition) is 3. The van der Waals surface area contributed by atoms with Crippen LogP contribution in [0.3, 0.4) is 0 Å². The Hall–Kier alpha value is -1.17. The monoisotopic (exact) mass is 551 g/mol. The van der Waals surface area contributed by atoms with Crippen molar-refractivity contribution in [2.24, 2.45) is 4.99 Å².